The van der Waals surface area contributed by atoms with Crippen molar-refractivity contribution in [2.45, 2.75) is 26.3 Å². The van der Waals surface area contributed by atoms with Crippen molar-refractivity contribution in [3.05, 3.63) is 59.9 Å². The third kappa shape index (κ3) is 2.84. The molecule has 0 fully saturated rings. The molecule has 0 aliphatic carbocycles. The molecule has 0 spiro atoms. The predicted octanol–water partition coefficient (Wildman–Crippen LogP) is 3.82. The zero-order chi connectivity index (χ0) is 12.1. The molecule has 0 radical (unpaired) electrons. The topological polar surface area (TPSA) is 24.9 Å². The fraction of sp³-hybridized carbons (Fsp3) is 0.267. The van der Waals surface area contributed by atoms with Crippen LogP contribution in [0.5, 0.6) is 0 Å². The van der Waals surface area contributed by atoms with Crippen molar-refractivity contribution in [1.29, 1.82) is 0 Å². The number of hydrogen-bond donors (Lipinski definition) is 1. The molecule has 1 aromatic heterocycles. The highest BCUT2D eigenvalue weighted by molar-refractivity contribution is 5.52. The first kappa shape index (κ1) is 11.6. The molecule has 17 heavy (non-hydrogen) atoms. The highest BCUT2D eigenvalue weighted by Gasteiger charge is 2.06. The lowest BCUT2D eigenvalue weighted by Gasteiger charge is -2.17. The molecule has 2 aromatic rings. The van der Waals surface area contributed by atoms with E-state index in [1.165, 1.54) is 16.8 Å². The van der Waals surface area contributed by atoms with Gasteiger partial charge in [-0.05, 0) is 36.6 Å². The largest absolute Gasteiger partial charge is 0.378 e. The van der Waals surface area contributed by atoms with Crippen molar-refractivity contribution in [2.75, 3.05) is 5.32 Å². The number of nitrogens with zero attached hydrogens (tertiary/aromatic N) is 1. The molecular weight excluding hydrogens is 208 g/mol. The van der Waals surface area contributed by atoms with Gasteiger partial charge in [0.15, 0.2) is 0 Å². The van der Waals surface area contributed by atoms with Gasteiger partial charge in [-0.1, -0.05) is 31.2 Å². The minimum atomic E-state index is 0.274. The second-order valence-electron chi connectivity index (χ2n) is 4.16. The summed E-state index contributed by atoms with van der Waals surface area (Å²) in [5, 5.41) is 3.54. The second kappa shape index (κ2) is 5.48. The maximum atomic E-state index is 4.15. The maximum absolute atomic E-state index is 4.15. The van der Waals surface area contributed by atoms with Crippen molar-refractivity contribution < 1.29 is 0 Å². The predicted molar refractivity (Wildman–Crippen MR) is 72.1 cm³/mol. The quantitative estimate of drug-likeness (QED) is 0.857. The van der Waals surface area contributed by atoms with Gasteiger partial charge in [-0.2, -0.15) is 0 Å². The molecule has 1 N–H and O–H groups in total. The zero-order valence-electron chi connectivity index (χ0n) is 10.4. The number of hydrogen-bond acceptors (Lipinski definition) is 2. The molecule has 1 aromatic carbocycles. The SMILES string of the molecule is CCc1ccccc1NC(C)c1cccnc1. The van der Waals surface area contributed by atoms with Gasteiger partial charge in [0.05, 0.1) is 6.04 Å². The van der Waals surface area contributed by atoms with Gasteiger partial charge in [0.1, 0.15) is 0 Å². The standard InChI is InChI=1S/C15H18N2/c1-3-13-7-4-5-9-15(13)17-12(2)14-8-6-10-16-11-14/h4-12,17H,3H2,1-2H3. The number of para-hydroxylation sites is 1. The molecule has 1 heterocycles. The number of aryl methyl sites for hydroxylation is 1. The first-order valence-electron chi connectivity index (χ1n) is 6.05. The summed E-state index contributed by atoms with van der Waals surface area (Å²) in [5.41, 5.74) is 3.77. The minimum Gasteiger partial charge on any atom is -0.378 e. The number of pyridine rings is 1. The van der Waals surface area contributed by atoms with E-state index in [1.54, 1.807) is 6.20 Å². The Morgan fingerprint density at radius 2 is 2.00 bits per heavy atom. The van der Waals surface area contributed by atoms with E-state index in [0.717, 1.165) is 6.42 Å². The van der Waals surface area contributed by atoms with Gasteiger partial charge in [-0.15, -0.1) is 0 Å². The monoisotopic (exact) mass is 226 g/mol. The third-order valence-corrected chi connectivity index (χ3v) is 2.95. The van der Waals surface area contributed by atoms with E-state index in [0.29, 0.717) is 0 Å². The maximum Gasteiger partial charge on any atom is 0.0500 e. The van der Waals surface area contributed by atoms with Crippen LogP contribution >= 0.6 is 0 Å². The molecule has 2 rings (SSSR count). The lowest BCUT2D eigenvalue weighted by molar-refractivity contribution is 0.871. The van der Waals surface area contributed by atoms with Gasteiger partial charge in [0, 0.05) is 18.1 Å². The van der Waals surface area contributed by atoms with Crippen molar-refractivity contribution in [3.63, 3.8) is 0 Å². The van der Waals surface area contributed by atoms with E-state index >= 15 is 0 Å². The summed E-state index contributed by atoms with van der Waals surface area (Å²) in [6, 6.07) is 12.8. The van der Waals surface area contributed by atoms with Gasteiger partial charge in [-0.25, -0.2) is 0 Å². The molecule has 0 aliphatic heterocycles. The molecular formula is C15H18N2. The Morgan fingerprint density at radius 1 is 1.18 bits per heavy atom. The average Bonchev–Trinajstić information content (AvgIpc) is 2.40. The van der Waals surface area contributed by atoms with Crippen LogP contribution < -0.4 is 5.32 Å². The van der Waals surface area contributed by atoms with E-state index < -0.39 is 0 Å². The highest BCUT2D eigenvalue weighted by Crippen LogP contribution is 2.22. The normalized spacial score (nSPS) is 12.1. The summed E-state index contributed by atoms with van der Waals surface area (Å²) in [7, 11) is 0. The van der Waals surface area contributed by atoms with Gasteiger partial charge in [-0.3, -0.25) is 4.98 Å². The molecule has 2 heteroatoms. The molecule has 0 saturated heterocycles. The van der Waals surface area contributed by atoms with Gasteiger partial charge >= 0.3 is 0 Å². The van der Waals surface area contributed by atoms with Crippen LogP contribution in [0, 0.1) is 0 Å². The number of aromatic nitrogens is 1. The molecule has 0 amide bonds. The molecule has 1 unspecified atom stereocenters. The summed E-state index contributed by atoms with van der Waals surface area (Å²) in [6.45, 7) is 4.33. The fourth-order valence-corrected chi connectivity index (χ4v) is 1.92. The third-order valence-electron chi connectivity index (χ3n) is 2.95. The molecule has 0 saturated carbocycles. The van der Waals surface area contributed by atoms with Crippen LogP contribution in [0.3, 0.4) is 0 Å². The average molecular weight is 226 g/mol. The summed E-state index contributed by atoms with van der Waals surface area (Å²) in [6.07, 6.45) is 4.76. The van der Waals surface area contributed by atoms with Gasteiger partial charge in [0.25, 0.3) is 0 Å². The van der Waals surface area contributed by atoms with Crippen LogP contribution in [0.2, 0.25) is 0 Å². The van der Waals surface area contributed by atoms with E-state index in [4.69, 9.17) is 0 Å². The van der Waals surface area contributed by atoms with Crippen LogP contribution in [0.15, 0.2) is 48.8 Å². The van der Waals surface area contributed by atoms with E-state index in [2.05, 4.69) is 54.5 Å². The molecule has 88 valence electrons. The van der Waals surface area contributed by atoms with Crippen LogP contribution in [-0.2, 0) is 6.42 Å². The Bertz CT molecular complexity index is 465. The zero-order valence-corrected chi connectivity index (χ0v) is 10.4. The number of rotatable bonds is 4. The minimum absolute atomic E-state index is 0.274. The van der Waals surface area contributed by atoms with E-state index in [9.17, 15) is 0 Å². The number of benzene rings is 1. The van der Waals surface area contributed by atoms with Crippen molar-refractivity contribution in [2.24, 2.45) is 0 Å². The van der Waals surface area contributed by atoms with Crippen molar-refractivity contribution in [1.82, 2.24) is 4.98 Å². The molecule has 2 nitrogen and oxygen atoms in total. The Kier molecular flexibility index (Phi) is 3.76. The van der Waals surface area contributed by atoms with Gasteiger partial charge < -0.3 is 5.32 Å². The van der Waals surface area contributed by atoms with Crippen LogP contribution in [-0.4, -0.2) is 4.98 Å². The Balaban J connectivity index is 2.16. The lowest BCUT2D eigenvalue weighted by Crippen LogP contribution is -2.08. The smallest absolute Gasteiger partial charge is 0.0500 e. The Hall–Kier alpha value is -1.83. The highest BCUT2D eigenvalue weighted by atomic mass is 14.9. The van der Waals surface area contributed by atoms with Crippen LogP contribution in [0.25, 0.3) is 0 Å². The van der Waals surface area contributed by atoms with Gasteiger partial charge in [0.2, 0.25) is 0 Å². The van der Waals surface area contributed by atoms with E-state index in [1.807, 2.05) is 12.3 Å². The molecule has 0 bridgehead atoms. The number of nitrogens with one attached hydrogen (secondary N) is 1. The van der Waals surface area contributed by atoms with Crippen molar-refractivity contribution in [3.8, 4) is 0 Å². The van der Waals surface area contributed by atoms with Crippen LogP contribution in [0.4, 0.5) is 5.69 Å². The Morgan fingerprint density at radius 3 is 2.71 bits per heavy atom. The first-order chi connectivity index (χ1) is 8.31. The van der Waals surface area contributed by atoms with Crippen molar-refractivity contribution >= 4 is 5.69 Å². The summed E-state index contributed by atoms with van der Waals surface area (Å²) >= 11 is 0. The summed E-state index contributed by atoms with van der Waals surface area (Å²) < 4.78 is 0. The number of anilines is 1. The molecule has 1 atom stereocenters. The lowest BCUT2D eigenvalue weighted by atomic mass is 10.1. The first-order valence-corrected chi connectivity index (χ1v) is 6.05. The Labute approximate surface area is 103 Å². The summed E-state index contributed by atoms with van der Waals surface area (Å²) in [5.74, 6) is 0. The van der Waals surface area contributed by atoms with E-state index in [-0.39, 0.29) is 6.04 Å². The van der Waals surface area contributed by atoms with Crippen LogP contribution in [0.1, 0.15) is 31.0 Å². The summed E-state index contributed by atoms with van der Waals surface area (Å²) in [4.78, 5) is 4.15. The molecule has 0 aliphatic rings. The fourth-order valence-electron chi connectivity index (χ4n) is 1.92. The second-order valence-corrected chi connectivity index (χ2v) is 4.16.